The summed E-state index contributed by atoms with van der Waals surface area (Å²) >= 11 is 0. The van der Waals surface area contributed by atoms with E-state index in [1.807, 2.05) is 17.0 Å². The van der Waals surface area contributed by atoms with E-state index in [4.69, 9.17) is 0 Å². The number of hydrogen-bond acceptors (Lipinski definition) is 3. The van der Waals surface area contributed by atoms with E-state index in [0.29, 0.717) is 30.8 Å². The van der Waals surface area contributed by atoms with Crippen LogP contribution < -0.4 is 0 Å². The van der Waals surface area contributed by atoms with Crippen molar-refractivity contribution < 1.29 is 13.2 Å². The normalized spacial score (nSPS) is 18.4. The van der Waals surface area contributed by atoms with Crippen LogP contribution >= 0.6 is 0 Å². The lowest BCUT2D eigenvalue weighted by Gasteiger charge is -2.33. The summed E-state index contributed by atoms with van der Waals surface area (Å²) in [5.74, 6) is 0.155. The highest BCUT2D eigenvalue weighted by Gasteiger charge is 2.34. The SMILES string of the molecule is CCCN(CCC)C(=O)C1CCN(S(=O)(=O)c2ccc3c(c2)CCC3)CC1. The molecule has 1 heterocycles. The van der Waals surface area contributed by atoms with E-state index in [0.717, 1.165) is 45.2 Å². The largest absolute Gasteiger partial charge is 0.342 e. The van der Waals surface area contributed by atoms with Crippen molar-refractivity contribution in [2.75, 3.05) is 26.2 Å². The van der Waals surface area contributed by atoms with Crippen molar-refractivity contribution in [1.82, 2.24) is 9.21 Å². The van der Waals surface area contributed by atoms with Gasteiger partial charge in [0, 0.05) is 32.1 Å². The van der Waals surface area contributed by atoms with Gasteiger partial charge in [0.1, 0.15) is 0 Å². The monoisotopic (exact) mass is 392 g/mol. The Labute approximate surface area is 163 Å². The molecule has 0 bridgehead atoms. The Morgan fingerprint density at radius 1 is 1.07 bits per heavy atom. The highest BCUT2D eigenvalue weighted by molar-refractivity contribution is 7.89. The van der Waals surface area contributed by atoms with Crippen LogP contribution in [-0.4, -0.2) is 49.7 Å². The molecule has 1 aliphatic carbocycles. The third kappa shape index (κ3) is 4.37. The van der Waals surface area contributed by atoms with Gasteiger partial charge in [0.05, 0.1) is 4.90 Å². The molecule has 1 aromatic rings. The number of rotatable bonds is 7. The van der Waals surface area contributed by atoms with Gasteiger partial charge in [0.25, 0.3) is 0 Å². The van der Waals surface area contributed by atoms with Crippen molar-refractivity contribution in [3.8, 4) is 0 Å². The first kappa shape index (κ1) is 20.3. The first-order chi connectivity index (χ1) is 13.0. The van der Waals surface area contributed by atoms with Gasteiger partial charge in [-0.2, -0.15) is 4.31 Å². The molecule has 6 heteroatoms. The molecule has 1 aromatic carbocycles. The number of carbonyl (C=O) groups is 1. The van der Waals surface area contributed by atoms with E-state index in [1.165, 1.54) is 11.1 Å². The van der Waals surface area contributed by atoms with Gasteiger partial charge in [0.2, 0.25) is 15.9 Å². The minimum atomic E-state index is -3.47. The molecule has 0 atom stereocenters. The zero-order chi connectivity index (χ0) is 19.4. The number of fused-ring (bicyclic) bond motifs is 1. The molecular weight excluding hydrogens is 360 g/mol. The van der Waals surface area contributed by atoms with Crippen LogP contribution in [0.2, 0.25) is 0 Å². The summed E-state index contributed by atoms with van der Waals surface area (Å²) in [6, 6.07) is 5.58. The van der Waals surface area contributed by atoms with E-state index in [9.17, 15) is 13.2 Å². The Morgan fingerprint density at radius 3 is 2.33 bits per heavy atom. The van der Waals surface area contributed by atoms with Crippen LogP contribution in [0.5, 0.6) is 0 Å². The number of piperidine rings is 1. The highest BCUT2D eigenvalue weighted by Crippen LogP contribution is 2.29. The fourth-order valence-corrected chi connectivity index (χ4v) is 5.85. The van der Waals surface area contributed by atoms with Crippen LogP contribution in [0.4, 0.5) is 0 Å². The Morgan fingerprint density at radius 2 is 1.70 bits per heavy atom. The van der Waals surface area contributed by atoms with Crippen molar-refractivity contribution in [2.45, 2.75) is 63.7 Å². The van der Waals surface area contributed by atoms with Crippen LogP contribution in [0, 0.1) is 5.92 Å². The van der Waals surface area contributed by atoms with Gasteiger partial charge in [-0.3, -0.25) is 4.79 Å². The van der Waals surface area contributed by atoms with Crippen molar-refractivity contribution in [2.24, 2.45) is 5.92 Å². The lowest BCUT2D eigenvalue weighted by molar-refractivity contribution is -0.136. The van der Waals surface area contributed by atoms with Crippen LogP contribution in [0.3, 0.4) is 0 Å². The molecule has 5 nitrogen and oxygen atoms in total. The van der Waals surface area contributed by atoms with E-state index in [-0.39, 0.29) is 11.8 Å². The van der Waals surface area contributed by atoms with Gasteiger partial charge < -0.3 is 4.90 Å². The van der Waals surface area contributed by atoms with Gasteiger partial charge in [-0.15, -0.1) is 0 Å². The topological polar surface area (TPSA) is 57.7 Å². The summed E-state index contributed by atoms with van der Waals surface area (Å²) in [5, 5.41) is 0. The van der Waals surface area contributed by atoms with E-state index < -0.39 is 10.0 Å². The molecule has 150 valence electrons. The number of benzene rings is 1. The van der Waals surface area contributed by atoms with Crippen molar-refractivity contribution >= 4 is 15.9 Å². The Kier molecular flexibility index (Phi) is 6.58. The predicted molar refractivity (Wildman–Crippen MR) is 107 cm³/mol. The van der Waals surface area contributed by atoms with Gasteiger partial charge in [0.15, 0.2) is 0 Å². The molecule has 0 spiro atoms. The second kappa shape index (κ2) is 8.74. The average molecular weight is 393 g/mol. The molecule has 0 N–H and O–H groups in total. The summed E-state index contributed by atoms with van der Waals surface area (Å²) in [6.45, 7) is 6.62. The van der Waals surface area contributed by atoms with Crippen molar-refractivity contribution in [3.05, 3.63) is 29.3 Å². The molecule has 2 aliphatic rings. The molecule has 1 fully saturated rings. The fourth-order valence-electron chi connectivity index (χ4n) is 4.33. The highest BCUT2D eigenvalue weighted by atomic mass is 32.2. The summed E-state index contributed by atoms with van der Waals surface area (Å²) in [7, 11) is -3.47. The molecular formula is C21H32N2O3S. The van der Waals surface area contributed by atoms with Gasteiger partial charge >= 0.3 is 0 Å². The summed E-state index contributed by atoms with van der Waals surface area (Å²) in [5.41, 5.74) is 2.46. The van der Waals surface area contributed by atoms with Gasteiger partial charge in [-0.05, 0) is 68.2 Å². The number of nitrogens with zero attached hydrogens (tertiary/aromatic N) is 2. The molecule has 1 saturated heterocycles. The molecule has 0 radical (unpaired) electrons. The van der Waals surface area contributed by atoms with E-state index in [1.54, 1.807) is 10.4 Å². The number of sulfonamides is 1. The second-order valence-electron chi connectivity index (χ2n) is 7.79. The molecule has 1 amide bonds. The first-order valence-electron chi connectivity index (χ1n) is 10.4. The smallest absolute Gasteiger partial charge is 0.243 e. The third-order valence-electron chi connectivity index (χ3n) is 5.81. The zero-order valence-corrected chi connectivity index (χ0v) is 17.4. The maximum Gasteiger partial charge on any atom is 0.243 e. The quantitative estimate of drug-likeness (QED) is 0.716. The summed E-state index contributed by atoms with van der Waals surface area (Å²) in [4.78, 5) is 15.2. The third-order valence-corrected chi connectivity index (χ3v) is 7.70. The second-order valence-corrected chi connectivity index (χ2v) is 9.73. The predicted octanol–water partition coefficient (Wildman–Crippen LogP) is 3.22. The number of aryl methyl sites for hydroxylation is 2. The maximum absolute atomic E-state index is 13.0. The lowest BCUT2D eigenvalue weighted by Crippen LogP contribution is -2.44. The Bertz CT molecular complexity index is 762. The maximum atomic E-state index is 13.0. The average Bonchev–Trinajstić information content (AvgIpc) is 3.15. The van der Waals surface area contributed by atoms with Crippen LogP contribution in [0.25, 0.3) is 0 Å². The fraction of sp³-hybridized carbons (Fsp3) is 0.667. The lowest BCUT2D eigenvalue weighted by atomic mass is 9.96. The van der Waals surface area contributed by atoms with Crippen LogP contribution in [-0.2, 0) is 27.7 Å². The molecule has 1 aliphatic heterocycles. The molecule has 0 saturated carbocycles. The summed E-state index contributed by atoms with van der Waals surface area (Å²) in [6.07, 6.45) is 6.28. The number of amides is 1. The zero-order valence-electron chi connectivity index (χ0n) is 16.6. The van der Waals surface area contributed by atoms with Crippen LogP contribution in [0.1, 0.15) is 57.1 Å². The number of carbonyl (C=O) groups excluding carboxylic acids is 1. The molecule has 0 unspecified atom stereocenters. The number of hydrogen-bond donors (Lipinski definition) is 0. The van der Waals surface area contributed by atoms with Crippen LogP contribution in [0.15, 0.2) is 23.1 Å². The molecule has 0 aromatic heterocycles. The van der Waals surface area contributed by atoms with Gasteiger partial charge in [-0.1, -0.05) is 19.9 Å². The summed E-state index contributed by atoms with van der Waals surface area (Å²) < 4.78 is 27.6. The van der Waals surface area contributed by atoms with E-state index >= 15 is 0 Å². The van der Waals surface area contributed by atoms with Crippen molar-refractivity contribution in [3.63, 3.8) is 0 Å². The first-order valence-corrected chi connectivity index (χ1v) is 11.8. The Balaban J connectivity index is 1.65. The minimum absolute atomic E-state index is 0.0467. The minimum Gasteiger partial charge on any atom is -0.342 e. The Hall–Kier alpha value is -1.40. The molecule has 3 rings (SSSR count). The van der Waals surface area contributed by atoms with Crippen molar-refractivity contribution in [1.29, 1.82) is 0 Å². The molecule has 27 heavy (non-hydrogen) atoms. The standard InChI is InChI=1S/C21H32N2O3S/c1-3-12-22(13-4-2)21(24)18-10-14-23(15-11-18)27(25,26)20-9-8-17-6-5-7-19(17)16-20/h8-9,16,18H,3-7,10-15H2,1-2H3. The van der Waals surface area contributed by atoms with Gasteiger partial charge in [-0.25, -0.2) is 8.42 Å². The van der Waals surface area contributed by atoms with E-state index in [2.05, 4.69) is 13.8 Å².